The maximum Gasteiger partial charge on any atom is 0.407 e. The number of ether oxygens (including phenoxy) is 4. The van der Waals surface area contributed by atoms with Gasteiger partial charge in [-0.1, -0.05) is 54.6 Å². The van der Waals surface area contributed by atoms with Crippen LogP contribution in [0.5, 0.6) is 17.2 Å². The first-order valence-corrected chi connectivity index (χ1v) is 22.6. The number of amides is 1. The molecule has 332 valence electrons. The first-order valence-electron chi connectivity index (χ1n) is 19.7. The summed E-state index contributed by atoms with van der Waals surface area (Å²) in [7, 11) is -4.97. The van der Waals surface area contributed by atoms with E-state index < -0.39 is 41.5 Å². The van der Waals surface area contributed by atoms with Crippen molar-refractivity contribution in [1.29, 1.82) is 0 Å². The Morgan fingerprint density at radius 3 is 1.83 bits per heavy atom. The fraction of sp³-hybridized carbons (Fsp3) is 0.273. The van der Waals surface area contributed by atoms with Gasteiger partial charge in [-0.25, -0.2) is 26.4 Å². The number of nitrogens with zero attached hydrogens (tertiary/aromatic N) is 5. The molecule has 0 atom stereocenters. The van der Waals surface area contributed by atoms with Crippen LogP contribution in [0.4, 0.5) is 10.5 Å². The Morgan fingerprint density at radius 2 is 1.30 bits per heavy atom. The molecule has 1 aromatic heterocycles. The Hall–Kier alpha value is -6.54. The van der Waals surface area contributed by atoms with Gasteiger partial charge in [0.25, 0.3) is 0 Å². The number of sulfonamides is 2. The second-order valence-corrected chi connectivity index (χ2v) is 18.8. The van der Waals surface area contributed by atoms with Crippen LogP contribution < -0.4 is 30.0 Å². The summed E-state index contributed by atoms with van der Waals surface area (Å²) in [6.45, 7) is 4.36. The number of alkyl carbamates (subject to hydrolysis) is 1. The van der Waals surface area contributed by atoms with Gasteiger partial charge in [0.15, 0.2) is 0 Å². The maximum absolute atomic E-state index is 15.8. The van der Waals surface area contributed by atoms with Gasteiger partial charge in [0, 0.05) is 31.9 Å². The number of tetrazole rings is 1. The van der Waals surface area contributed by atoms with E-state index in [9.17, 15) is 13.2 Å². The summed E-state index contributed by atoms with van der Waals surface area (Å²) in [6.07, 6.45) is -0.754. The molecule has 0 aliphatic heterocycles. The summed E-state index contributed by atoms with van der Waals surface area (Å²) in [6, 6.07) is 30.3. The molecule has 0 spiro atoms. The molecule has 5 aromatic carbocycles. The van der Waals surface area contributed by atoms with Crippen LogP contribution >= 0.6 is 0 Å². The number of anilines is 1. The molecule has 6 aromatic rings. The fourth-order valence-corrected chi connectivity index (χ4v) is 9.91. The Morgan fingerprint density at radius 1 is 0.746 bits per heavy atom. The third-order valence-electron chi connectivity index (χ3n) is 9.49. The zero-order valence-electron chi connectivity index (χ0n) is 35.7. The van der Waals surface area contributed by atoms with Crippen molar-refractivity contribution in [3.63, 3.8) is 0 Å². The molecule has 0 aliphatic carbocycles. The van der Waals surface area contributed by atoms with Crippen molar-refractivity contribution in [3.8, 4) is 39.8 Å². The number of aromatic nitrogens is 4. The Balaban J connectivity index is 1.56. The zero-order chi connectivity index (χ0) is 45.4. The predicted molar refractivity (Wildman–Crippen MR) is 237 cm³/mol. The smallest absolute Gasteiger partial charge is 0.407 e. The molecule has 0 fully saturated rings. The molecule has 1 amide bonds. The van der Waals surface area contributed by atoms with Gasteiger partial charge in [0.1, 0.15) is 32.6 Å². The summed E-state index contributed by atoms with van der Waals surface area (Å²) in [5, 5.41) is 15.8. The first-order chi connectivity index (χ1) is 30.0. The van der Waals surface area contributed by atoms with Crippen molar-refractivity contribution >= 4 is 31.8 Å². The standard InChI is InChI=1S/C44H50N8O9S2/c1-44(2,3)61-43(53)46-24-25-47-62(54,55)39-23-22-38(33-8-7-9-34(45)26-33)40(42-48-50-52(49-42)29-32-14-20-37(60-6)21-15-32)41(39)63(56,57)51(27-30-10-16-35(58-4)17-11-30)28-31-12-18-36(59-5)19-13-31/h7-23,26,47H,24-25,27-29,45H2,1-6H3,(H,46,53). The van der Waals surface area contributed by atoms with Crippen LogP contribution in [0.2, 0.25) is 0 Å². The lowest BCUT2D eigenvalue weighted by Gasteiger charge is -2.26. The number of methoxy groups -OCH3 is 3. The molecule has 0 saturated carbocycles. The normalized spacial score (nSPS) is 11.9. The quantitative estimate of drug-likeness (QED) is 0.0681. The van der Waals surface area contributed by atoms with E-state index in [2.05, 4.69) is 25.4 Å². The van der Waals surface area contributed by atoms with Crippen molar-refractivity contribution in [2.24, 2.45) is 0 Å². The largest absolute Gasteiger partial charge is 0.497 e. The third kappa shape index (κ3) is 11.7. The van der Waals surface area contributed by atoms with Crippen LogP contribution in [0.3, 0.4) is 0 Å². The van der Waals surface area contributed by atoms with Crippen LogP contribution in [-0.2, 0) is 44.4 Å². The van der Waals surface area contributed by atoms with E-state index in [0.29, 0.717) is 39.6 Å². The summed E-state index contributed by atoms with van der Waals surface area (Å²) >= 11 is 0. The number of hydrogen-bond donors (Lipinski definition) is 3. The predicted octanol–water partition coefficient (Wildman–Crippen LogP) is 5.86. The van der Waals surface area contributed by atoms with Gasteiger partial charge >= 0.3 is 6.09 Å². The van der Waals surface area contributed by atoms with Crippen LogP contribution in [0, 0.1) is 0 Å². The highest BCUT2D eigenvalue weighted by Gasteiger charge is 2.38. The van der Waals surface area contributed by atoms with Gasteiger partial charge in [-0.3, -0.25) is 0 Å². The number of nitrogens with one attached hydrogen (secondary N) is 2. The molecule has 4 N–H and O–H groups in total. The molecule has 0 radical (unpaired) electrons. The number of carbonyl (C=O) groups excluding carboxylic acids is 1. The Bertz CT molecular complexity index is 2690. The van der Waals surface area contributed by atoms with E-state index in [0.717, 1.165) is 5.56 Å². The lowest BCUT2D eigenvalue weighted by molar-refractivity contribution is 0.0528. The van der Waals surface area contributed by atoms with Crippen LogP contribution in [0.25, 0.3) is 22.5 Å². The number of benzene rings is 5. The van der Waals surface area contributed by atoms with E-state index >= 15 is 8.42 Å². The van der Waals surface area contributed by atoms with Gasteiger partial charge in [-0.05, 0) is 108 Å². The lowest BCUT2D eigenvalue weighted by Crippen LogP contribution is -2.38. The Kier molecular flexibility index (Phi) is 14.3. The highest BCUT2D eigenvalue weighted by atomic mass is 32.2. The van der Waals surface area contributed by atoms with Crippen molar-refractivity contribution in [1.82, 2.24) is 34.6 Å². The molecule has 0 bridgehead atoms. The second kappa shape index (κ2) is 19.7. The maximum atomic E-state index is 15.8. The van der Waals surface area contributed by atoms with E-state index in [1.165, 1.54) is 35.5 Å². The topological polar surface area (TPSA) is 219 Å². The van der Waals surface area contributed by atoms with E-state index in [-0.39, 0.29) is 49.7 Å². The molecule has 63 heavy (non-hydrogen) atoms. The first kappa shape index (κ1) is 46.0. The van der Waals surface area contributed by atoms with Gasteiger partial charge in [0.05, 0.1) is 33.4 Å². The van der Waals surface area contributed by atoms with E-state index in [1.807, 2.05) is 12.1 Å². The number of nitrogens with two attached hydrogens (primary N) is 1. The molecule has 6 rings (SSSR count). The van der Waals surface area contributed by atoms with Crippen molar-refractivity contribution < 1.29 is 40.6 Å². The third-order valence-corrected chi connectivity index (χ3v) is 13.0. The second-order valence-electron chi connectivity index (χ2n) is 15.2. The molecule has 0 saturated heterocycles. The van der Waals surface area contributed by atoms with Crippen LogP contribution in [0.1, 0.15) is 37.5 Å². The minimum absolute atomic E-state index is 0.134. The molecule has 0 unspecified atom stereocenters. The van der Waals surface area contributed by atoms with Crippen LogP contribution in [0.15, 0.2) is 119 Å². The molecule has 19 heteroatoms. The van der Waals surface area contributed by atoms with Gasteiger partial charge in [0.2, 0.25) is 25.9 Å². The monoisotopic (exact) mass is 898 g/mol. The summed E-state index contributed by atoms with van der Waals surface area (Å²) in [4.78, 5) is 12.5. The summed E-state index contributed by atoms with van der Waals surface area (Å²) in [5.41, 5.74) is 8.39. The highest BCUT2D eigenvalue weighted by Crippen LogP contribution is 2.41. The number of rotatable bonds is 18. The average Bonchev–Trinajstić information content (AvgIpc) is 3.72. The fourth-order valence-electron chi connectivity index (χ4n) is 6.47. The summed E-state index contributed by atoms with van der Waals surface area (Å²) in [5.74, 6) is 1.60. The number of hydrogen-bond acceptors (Lipinski definition) is 13. The molecule has 1 heterocycles. The molecular weight excluding hydrogens is 849 g/mol. The van der Waals surface area contributed by atoms with Gasteiger partial charge in [-0.15, -0.1) is 10.2 Å². The van der Waals surface area contributed by atoms with Crippen molar-refractivity contribution in [3.05, 3.63) is 126 Å². The average molecular weight is 899 g/mol. The highest BCUT2D eigenvalue weighted by molar-refractivity contribution is 7.92. The molecular formula is C44H50N8O9S2. The van der Waals surface area contributed by atoms with Gasteiger partial charge < -0.3 is 30.0 Å². The van der Waals surface area contributed by atoms with Crippen molar-refractivity contribution in [2.45, 2.75) is 55.8 Å². The van der Waals surface area contributed by atoms with Crippen molar-refractivity contribution in [2.75, 3.05) is 40.2 Å². The Labute approximate surface area is 367 Å². The van der Waals surface area contributed by atoms with E-state index in [1.54, 1.807) is 113 Å². The minimum Gasteiger partial charge on any atom is -0.497 e. The minimum atomic E-state index is -4.88. The molecule has 17 nitrogen and oxygen atoms in total. The molecule has 0 aliphatic rings. The summed E-state index contributed by atoms with van der Waals surface area (Å²) < 4.78 is 85.7. The van der Waals surface area contributed by atoms with E-state index in [4.69, 9.17) is 24.7 Å². The lowest BCUT2D eigenvalue weighted by atomic mass is 9.98. The van der Waals surface area contributed by atoms with Gasteiger partial charge in [-0.2, -0.15) is 9.10 Å². The SMILES string of the molecule is COc1ccc(CN(Cc2ccc(OC)cc2)S(=O)(=O)c2c(S(=O)(=O)NCCNC(=O)OC(C)(C)C)ccc(-c3cccc(N)c3)c2-c2nnn(Cc3ccc(OC)cc3)n2)cc1. The zero-order valence-corrected chi connectivity index (χ0v) is 37.4. The number of nitrogen functional groups attached to an aromatic ring is 1. The number of carbonyl (C=O) groups is 1. The van der Waals surface area contributed by atoms with Crippen LogP contribution in [-0.4, -0.2) is 87.5 Å².